The molecule has 6 nitrogen and oxygen atoms in total. The molecule has 0 spiro atoms. The minimum absolute atomic E-state index is 0.0125. The Kier molecular flexibility index (Phi) is 6.60. The van der Waals surface area contributed by atoms with Crippen molar-refractivity contribution in [1.82, 2.24) is 20.2 Å². The molecule has 2 heterocycles. The number of carbonyl (C=O) groups is 2. The smallest absolute Gasteiger partial charge is 0.262 e. The van der Waals surface area contributed by atoms with E-state index in [0.29, 0.717) is 11.4 Å². The molecule has 0 saturated carbocycles. The molecule has 0 aliphatic carbocycles. The van der Waals surface area contributed by atoms with E-state index < -0.39 is 6.04 Å². The second kappa shape index (κ2) is 9.32. The van der Waals surface area contributed by atoms with Gasteiger partial charge in [0.1, 0.15) is 6.04 Å². The van der Waals surface area contributed by atoms with Crippen molar-refractivity contribution in [2.24, 2.45) is 5.92 Å². The number of hydrogen-bond acceptors (Lipinski definition) is 4. The van der Waals surface area contributed by atoms with Crippen molar-refractivity contribution >= 4 is 23.2 Å². The van der Waals surface area contributed by atoms with E-state index in [0.717, 1.165) is 17.7 Å². The first-order valence-corrected chi connectivity index (χ1v) is 10.1. The van der Waals surface area contributed by atoms with Gasteiger partial charge in [-0.05, 0) is 28.5 Å². The van der Waals surface area contributed by atoms with Gasteiger partial charge in [0, 0.05) is 25.5 Å². The zero-order valence-electron chi connectivity index (χ0n) is 16.0. The van der Waals surface area contributed by atoms with E-state index in [2.05, 4.69) is 15.6 Å². The number of imidazole rings is 1. The largest absolute Gasteiger partial charge is 0.350 e. The molecule has 0 aliphatic rings. The maximum absolute atomic E-state index is 12.6. The molecule has 0 aliphatic heterocycles. The summed E-state index contributed by atoms with van der Waals surface area (Å²) in [6, 6.07) is 11.1. The Morgan fingerprint density at radius 1 is 1.14 bits per heavy atom. The molecule has 7 heteroatoms. The molecule has 2 aromatic heterocycles. The zero-order chi connectivity index (χ0) is 19.9. The van der Waals surface area contributed by atoms with Crippen molar-refractivity contribution < 1.29 is 9.59 Å². The van der Waals surface area contributed by atoms with Gasteiger partial charge in [-0.25, -0.2) is 4.98 Å². The van der Waals surface area contributed by atoms with E-state index in [1.54, 1.807) is 18.6 Å². The van der Waals surface area contributed by atoms with Crippen LogP contribution < -0.4 is 10.6 Å². The first-order valence-electron chi connectivity index (χ1n) is 9.18. The van der Waals surface area contributed by atoms with E-state index in [-0.39, 0.29) is 17.7 Å². The lowest BCUT2D eigenvalue weighted by molar-refractivity contribution is -0.124. The Hall–Kier alpha value is -2.93. The molecule has 28 heavy (non-hydrogen) atoms. The summed E-state index contributed by atoms with van der Waals surface area (Å²) in [6.45, 7) is 5.02. The lowest BCUT2D eigenvalue weighted by Crippen LogP contribution is -2.49. The summed E-state index contributed by atoms with van der Waals surface area (Å²) in [5.41, 5.74) is 2.17. The Labute approximate surface area is 168 Å². The van der Waals surface area contributed by atoms with Gasteiger partial charge in [-0.1, -0.05) is 44.2 Å². The Morgan fingerprint density at radius 2 is 1.89 bits per heavy atom. The molecular weight excluding hydrogens is 372 g/mol. The average Bonchev–Trinajstić information content (AvgIpc) is 3.39. The van der Waals surface area contributed by atoms with Crippen molar-refractivity contribution in [2.75, 3.05) is 0 Å². The van der Waals surface area contributed by atoms with Gasteiger partial charge in [0.05, 0.1) is 11.2 Å². The van der Waals surface area contributed by atoms with Crippen LogP contribution >= 0.6 is 11.3 Å². The normalized spacial score (nSPS) is 12.0. The molecule has 1 aromatic carbocycles. The fraction of sp³-hybridized carbons (Fsp3) is 0.286. The van der Waals surface area contributed by atoms with E-state index in [1.165, 1.54) is 11.3 Å². The molecule has 0 fully saturated rings. The molecule has 0 radical (unpaired) electrons. The standard InChI is InChI=1S/C21H24N4O2S/c1-15(2)19(24-20(26)18-4-3-11-28-18)21(27)23-12-16-5-7-17(8-6-16)13-25-10-9-22-14-25/h3-11,14-15,19H,12-13H2,1-2H3,(H,23,27)(H,24,26). The van der Waals surface area contributed by atoms with Gasteiger partial charge >= 0.3 is 0 Å². The maximum atomic E-state index is 12.6. The number of nitrogens with zero attached hydrogens (tertiary/aromatic N) is 2. The van der Waals surface area contributed by atoms with Crippen LogP contribution in [-0.4, -0.2) is 27.4 Å². The molecule has 1 unspecified atom stereocenters. The van der Waals surface area contributed by atoms with E-state index >= 15 is 0 Å². The van der Waals surface area contributed by atoms with Crippen molar-refractivity contribution in [3.63, 3.8) is 0 Å². The van der Waals surface area contributed by atoms with Crippen LogP contribution in [0.3, 0.4) is 0 Å². The number of nitrogens with one attached hydrogen (secondary N) is 2. The lowest BCUT2D eigenvalue weighted by Gasteiger charge is -2.21. The Balaban J connectivity index is 1.54. The first-order chi connectivity index (χ1) is 13.5. The molecule has 0 bridgehead atoms. The summed E-state index contributed by atoms with van der Waals surface area (Å²) in [6.07, 6.45) is 5.46. The highest BCUT2D eigenvalue weighted by Gasteiger charge is 2.24. The second-order valence-corrected chi connectivity index (χ2v) is 7.89. The van der Waals surface area contributed by atoms with E-state index in [9.17, 15) is 9.59 Å². The minimum atomic E-state index is -0.574. The van der Waals surface area contributed by atoms with Gasteiger partial charge in [0.25, 0.3) is 5.91 Å². The summed E-state index contributed by atoms with van der Waals surface area (Å²) in [4.78, 5) is 29.5. The predicted molar refractivity (Wildman–Crippen MR) is 110 cm³/mol. The highest BCUT2D eigenvalue weighted by molar-refractivity contribution is 7.12. The summed E-state index contributed by atoms with van der Waals surface area (Å²) < 4.78 is 2.00. The van der Waals surface area contributed by atoms with E-state index in [4.69, 9.17) is 0 Å². The van der Waals surface area contributed by atoms with Crippen LogP contribution in [0.2, 0.25) is 0 Å². The van der Waals surface area contributed by atoms with Crippen molar-refractivity contribution in [2.45, 2.75) is 33.0 Å². The molecule has 3 rings (SSSR count). The van der Waals surface area contributed by atoms with E-state index in [1.807, 2.05) is 60.3 Å². The fourth-order valence-corrected chi connectivity index (χ4v) is 3.43. The summed E-state index contributed by atoms with van der Waals surface area (Å²) in [5, 5.41) is 7.61. The Morgan fingerprint density at radius 3 is 2.50 bits per heavy atom. The highest BCUT2D eigenvalue weighted by Crippen LogP contribution is 2.11. The third kappa shape index (κ3) is 5.29. The van der Waals surface area contributed by atoms with Crippen LogP contribution in [0.4, 0.5) is 0 Å². The van der Waals surface area contributed by atoms with Crippen LogP contribution in [-0.2, 0) is 17.9 Å². The first kappa shape index (κ1) is 19.8. The molecule has 146 valence electrons. The number of carbonyl (C=O) groups excluding carboxylic acids is 2. The minimum Gasteiger partial charge on any atom is -0.350 e. The summed E-state index contributed by atoms with van der Waals surface area (Å²) >= 11 is 1.36. The molecule has 2 N–H and O–H groups in total. The van der Waals surface area contributed by atoms with Crippen LogP contribution in [0.5, 0.6) is 0 Å². The van der Waals surface area contributed by atoms with Gasteiger partial charge in [-0.15, -0.1) is 11.3 Å². The predicted octanol–water partition coefficient (Wildman–Crippen LogP) is 3.06. The van der Waals surface area contributed by atoms with Gasteiger partial charge in [0.15, 0.2) is 0 Å². The number of hydrogen-bond donors (Lipinski definition) is 2. The number of aromatic nitrogens is 2. The van der Waals surface area contributed by atoms with Crippen molar-refractivity contribution in [3.8, 4) is 0 Å². The fourth-order valence-electron chi connectivity index (χ4n) is 2.81. The van der Waals surface area contributed by atoms with Crippen LogP contribution in [0, 0.1) is 5.92 Å². The van der Waals surface area contributed by atoms with Gasteiger partial charge in [-0.2, -0.15) is 0 Å². The molecule has 3 aromatic rings. The van der Waals surface area contributed by atoms with Gasteiger partial charge < -0.3 is 15.2 Å². The number of benzene rings is 1. The number of amides is 2. The average molecular weight is 397 g/mol. The number of thiophene rings is 1. The van der Waals surface area contributed by atoms with Crippen LogP contribution in [0.15, 0.2) is 60.5 Å². The second-order valence-electron chi connectivity index (χ2n) is 6.94. The van der Waals surface area contributed by atoms with Crippen molar-refractivity contribution in [1.29, 1.82) is 0 Å². The highest BCUT2D eigenvalue weighted by atomic mass is 32.1. The van der Waals surface area contributed by atoms with Crippen LogP contribution in [0.25, 0.3) is 0 Å². The monoisotopic (exact) mass is 396 g/mol. The quantitative estimate of drug-likeness (QED) is 0.614. The lowest BCUT2D eigenvalue weighted by atomic mass is 10.0. The summed E-state index contributed by atoms with van der Waals surface area (Å²) in [5.74, 6) is -0.406. The van der Waals surface area contributed by atoms with Crippen LogP contribution in [0.1, 0.15) is 34.6 Å². The topological polar surface area (TPSA) is 76.0 Å². The zero-order valence-corrected chi connectivity index (χ0v) is 16.8. The van der Waals surface area contributed by atoms with Gasteiger partial charge in [0.2, 0.25) is 5.91 Å². The third-order valence-corrected chi connectivity index (χ3v) is 5.26. The SMILES string of the molecule is CC(C)C(NC(=O)c1cccs1)C(=O)NCc1ccc(Cn2ccnc2)cc1. The molecule has 1 atom stereocenters. The molecule has 2 amide bonds. The third-order valence-electron chi connectivity index (χ3n) is 4.39. The maximum Gasteiger partial charge on any atom is 0.262 e. The van der Waals surface area contributed by atoms with Crippen molar-refractivity contribution in [3.05, 3.63) is 76.5 Å². The molecular formula is C21H24N4O2S. The summed E-state index contributed by atoms with van der Waals surface area (Å²) in [7, 11) is 0. The molecule has 0 saturated heterocycles. The van der Waals surface area contributed by atoms with Gasteiger partial charge in [-0.3, -0.25) is 9.59 Å². The Bertz CT molecular complexity index is 887. The number of rotatable bonds is 8.